The Morgan fingerprint density at radius 1 is 0.839 bits per heavy atom. The third kappa shape index (κ3) is 4.96. The molecule has 0 bridgehead atoms. The Bertz CT molecular complexity index is 860. The molecule has 2 saturated carbocycles. The number of hydrogen-bond acceptors (Lipinski definition) is 1. The lowest BCUT2D eigenvalue weighted by atomic mass is 9.63. The van der Waals surface area contributed by atoms with Gasteiger partial charge in [0.1, 0.15) is 0 Å². The maximum absolute atomic E-state index is 14.6. The summed E-state index contributed by atoms with van der Waals surface area (Å²) >= 11 is 0. The van der Waals surface area contributed by atoms with E-state index in [2.05, 4.69) is 19.1 Å². The van der Waals surface area contributed by atoms with Gasteiger partial charge in [0.05, 0.1) is 6.61 Å². The molecule has 2 aliphatic rings. The Hall–Kier alpha value is -1.90. The predicted octanol–water partition coefficient (Wildman–Crippen LogP) is 8.52. The van der Waals surface area contributed by atoms with Gasteiger partial charge >= 0.3 is 0 Å². The molecule has 3 heteroatoms. The molecule has 2 aliphatic carbocycles. The highest BCUT2D eigenvalue weighted by atomic mass is 19.2. The fourth-order valence-corrected chi connectivity index (χ4v) is 6.00. The molecule has 2 aromatic carbocycles. The quantitative estimate of drug-likeness (QED) is 0.431. The highest BCUT2D eigenvalue weighted by Gasteiger charge is 2.35. The first-order chi connectivity index (χ1) is 15.1. The van der Waals surface area contributed by atoms with Crippen LogP contribution in [0.3, 0.4) is 0 Å². The molecule has 0 amide bonds. The van der Waals surface area contributed by atoms with Crippen LogP contribution in [0.25, 0.3) is 11.1 Å². The molecule has 0 aliphatic heterocycles. The summed E-state index contributed by atoms with van der Waals surface area (Å²) in [5, 5.41) is 0. The summed E-state index contributed by atoms with van der Waals surface area (Å²) in [5.41, 5.74) is 2.36. The van der Waals surface area contributed by atoms with E-state index in [4.69, 9.17) is 4.74 Å². The number of ether oxygens (including phenoxy) is 1. The molecule has 1 nitrogen and oxygen atoms in total. The zero-order valence-corrected chi connectivity index (χ0v) is 19.0. The minimum Gasteiger partial charge on any atom is -0.491 e. The van der Waals surface area contributed by atoms with Crippen molar-refractivity contribution in [1.29, 1.82) is 0 Å². The Morgan fingerprint density at radius 2 is 1.58 bits per heavy atom. The van der Waals surface area contributed by atoms with Gasteiger partial charge in [-0.05, 0) is 86.0 Å². The number of halogens is 2. The molecule has 2 aromatic rings. The SMILES string of the molecule is CCCCC1CCC2CC(c3ccc(-c4ccc(OCC)c(F)c4F)cc3)CCC2C1. The maximum Gasteiger partial charge on any atom is 0.201 e. The minimum absolute atomic E-state index is 0.0263. The van der Waals surface area contributed by atoms with Gasteiger partial charge in [0.2, 0.25) is 5.82 Å². The molecule has 0 radical (unpaired) electrons. The minimum atomic E-state index is -0.906. The molecule has 2 fully saturated rings. The van der Waals surface area contributed by atoms with Crippen molar-refractivity contribution < 1.29 is 13.5 Å². The van der Waals surface area contributed by atoms with Crippen LogP contribution in [-0.2, 0) is 0 Å². The van der Waals surface area contributed by atoms with Crippen LogP contribution in [-0.4, -0.2) is 6.61 Å². The van der Waals surface area contributed by atoms with Crippen molar-refractivity contribution in [3.63, 3.8) is 0 Å². The zero-order chi connectivity index (χ0) is 21.8. The Kier molecular flexibility index (Phi) is 7.30. The Balaban J connectivity index is 1.41. The molecule has 4 atom stereocenters. The van der Waals surface area contributed by atoms with Gasteiger partial charge in [-0.15, -0.1) is 0 Å². The molecule has 31 heavy (non-hydrogen) atoms. The van der Waals surface area contributed by atoms with Gasteiger partial charge in [-0.2, -0.15) is 4.39 Å². The molecular formula is C28H36F2O. The summed E-state index contributed by atoms with van der Waals surface area (Å²) < 4.78 is 34.0. The average molecular weight is 427 g/mol. The van der Waals surface area contributed by atoms with Crippen LogP contribution in [0.2, 0.25) is 0 Å². The van der Waals surface area contributed by atoms with Gasteiger partial charge in [-0.25, -0.2) is 4.39 Å². The average Bonchev–Trinajstić information content (AvgIpc) is 2.81. The van der Waals surface area contributed by atoms with Crippen LogP contribution >= 0.6 is 0 Å². The molecule has 168 valence electrons. The van der Waals surface area contributed by atoms with Crippen LogP contribution in [0.5, 0.6) is 5.75 Å². The van der Waals surface area contributed by atoms with Gasteiger partial charge in [0.25, 0.3) is 0 Å². The van der Waals surface area contributed by atoms with Crippen LogP contribution in [0.4, 0.5) is 8.78 Å². The molecule has 0 spiro atoms. The first-order valence-electron chi connectivity index (χ1n) is 12.3. The van der Waals surface area contributed by atoms with Crippen molar-refractivity contribution in [3.05, 3.63) is 53.6 Å². The van der Waals surface area contributed by atoms with Crippen molar-refractivity contribution in [2.75, 3.05) is 6.61 Å². The van der Waals surface area contributed by atoms with Gasteiger partial charge in [-0.1, -0.05) is 56.9 Å². The van der Waals surface area contributed by atoms with Crippen molar-refractivity contribution in [3.8, 4) is 16.9 Å². The second-order valence-electron chi connectivity index (χ2n) is 9.65. The van der Waals surface area contributed by atoms with Crippen LogP contribution in [0, 0.1) is 29.4 Å². The lowest BCUT2D eigenvalue weighted by molar-refractivity contribution is 0.113. The summed E-state index contributed by atoms with van der Waals surface area (Å²) in [6, 6.07) is 11.3. The summed E-state index contributed by atoms with van der Waals surface area (Å²) in [4.78, 5) is 0. The van der Waals surface area contributed by atoms with Crippen molar-refractivity contribution in [1.82, 2.24) is 0 Å². The molecule has 0 aromatic heterocycles. The van der Waals surface area contributed by atoms with Gasteiger partial charge in [0, 0.05) is 5.56 Å². The number of fused-ring (bicyclic) bond motifs is 1. The summed E-state index contributed by atoms with van der Waals surface area (Å²) in [5.74, 6) is 1.59. The number of benzene rings is 2. The van der Waals surface area contributed by atoms with E-state index in [1.165, 1.54) is 69.4 Å². The molecule has 0 heterocycles. The largest absolute Gasteiger partial charge is 0.491 e. The number of hydrogen-bond donors (Lipinski definition) is 0. The van der Waals surface area contributed by atoms with E-state index in [0.717, 1.165) is 17.8 Å². The van der Waals surface area contributed by atoms with Crippen molar-refractivity contribution in [2.45, 2.75) is 77.6 Å². The van der Waals surface area contributed by atoms with Gasteiger partial charge in [0.15, 0.2) is 11.6 Å². The van der Waals surface area contributed by atoms with Crippen LogP contribution < -0.4 is 4.74 Å². The van der Waals surface area contributed by atoms with Crippen molar-refractivity contribution >= 4 is 0 Å². The molecule has 4 rings (SSSR count). The van der Waals surface area contributed by atoms with E-state index >= 15 is 0 Å². The fourth-order valence-electron chi connectivity index (χ4n) is 6.00. The van der Waals surface area contributed by atoms with Crippen molar-refractivity contribution in [2.24, 2.45) is 17.8 Å². The molecule has 0 saturated heterocycles. The molecular weight excluding hydrogens is 390 g/mol. The zero-order valence-electron chi connectivity index (χ0n) is 19.0. The lowest BCUT2D eigenvalue weighted by Crippen LogP contribution is -2.30. The highest BCUT2D eigenvalue weighted by molar-refractivity contribution is 5.65. The number of rotatable bonds is 7. The van der Waals surface area contributed by atoms with E-state index in [-0.39, 0.29) is 5.75 Å². The van der Waals surface area contributed by atoms with E-state index in [0.29, 0.717) is 23.7 Å². The maximum atomic E-state index is 14.6. The topological polar surface area (TPSA) is 9.23 Å². The first kappa shape index (κ1) is 22.3. The van der Waals surface area contributed by atoms with E-state index in [9.17, 15) is 8.78 Å². The highest BCUT2D eigenvalue weighted by Crippen LogP contribution is 2.48. The van der Waals surface area contributed by atoms with E-state index in [1.54, 1.807) is 13.0 Å². The second-order valence-corrected chi connectivity index (χ2v) is 9.65. The summed E-state index contributed by atoms with van der Waals surface area (Å²) in [7, 11) is 0. The van der Waals surface area contributed by atoms with Crippen LogP contribution in [0.15, 0.2) is 36.4 Å². The Morgan fingerprint density at radius 3 is 2.32 bits per heavy atom. The summed E-state index contributed by atoms with van der Waals surface area (Å²) in [6.45, 7) is 4.37. The summed E-state index contributed by atoms with van der Waals surface area (Å²) in [6.07, 6.45) is 12.3. The molecule has 0 N–H and O–H groups in total. The smallest absolute Gasteiger partial charge is 0.201 e. The van der Waals surface area contributed by atoms with Gasteiger partial charge < -0.3 is 4.74 Å². The monoisotopic (exact) mass is 426 g/mol. The predicted molar refractivity (Wildman–Crippen MR) is 123 cm³/mol. The first-order valence-corrected chi connectivity index (χ1v) is 12.3. The molecule has 4 unspecified atom stereocenters. The Labute approximate surface area is 186 Å². The van der Waals surface area contributed by atoms with Crippen LogP contribution in [0.1, 0.15) is 83.1 Å². The van der Waals surface area contributed by atoms with E-state index < -0.39 is 11.6 Å². The normalized spacial score (nSPS) is 25.8. The van der Waals surface area contributed by atoms with E-state index in [1.807, 2.05) is 12.1 Å². The lowest BCUT2D eigenvalue weighted by Gasteiger charge is -2.42. The number of unbranched alkanes of at least 4 members (excludes halogenated alkanes) is 1. The van der Waals surface area contributed by atoms with Gasteiger partial charge in [-0.3, -0.25) is 0 Å². The standard InChI is InChI=1S/C28H36F2O/c1-3-5-6-19-7-8-24-18-23(14-13-22(24)17-19)20-9-11-21(12-10-20)25-15-16-26(31-4-2)28(30)27(25)29/h9-12,15-16,19,22-24H,3-8,13-14,17-18H2,1-2H3. The third-order valence-corrected chi connectivity index (χ3v) is 7.73. The second kappa shape index (κ2) is 10.1. The third-order valence-electron chi connectivity index (χ3n) is 7.73. The fraction of sp³-hybridized carbons (Fsp3) is 0.571.